The lowest BCUT2D eigenvalue weighted by atomic mass is 10.2. The van der Waals surface area contributed by atoms with E-state index in [1.54, 1.807) is 12.1 Å². The van der Waals surface area contributed by atoms with Crippen LogP contribution in [0.1, 0.15) is 10.4 Å². The maximum Gasteiger partial charge on any atom is 0.337 e. The van der Waals surface area contributed by atoms with Gasteiger partial charge in [0, 0.05) is 5.69 Å². The lowest BCUT2D eigenvalue weighted by Crippen LogP contribution is -2.14. The molecule has 0 aliphatic heterocycles. The van der Waals surface area contributed by atoms with E-state index in [-0.39, 0.29) is 15.5 Å². The fourth-order valence-corrected chi connectivity index (χ4v) is 3.29. The minimum Gasteiger partial charge on any atom is -0.478 e. The summed E-state index contributed by atoms with van der Waals surface area (Å²) in [6, 6.07) is 9.76. The first-order valence-electron chi connectivity index (χ1n) is 6.76. The molecule has 9 nitrogen and oxygen atoms in total. The van der Waals surface area contributed by atoms with Crippen molar-refractivity contribution in [2.24, 2.45) is 0 Å². The van der Waals surface area contributed by atoms with E-state index in [0.29, 0.717) is 11.4 Å². The minimum absolute atomic E-state index is 0.0442. The van der Waals surface area contributed by atoms with Gasteiger partial charge in [-0.05, 0) is 52.9 Å². The molecule has 3 aromatic rings. The molecule has 0 radical (unpaired) electrons. The molecule has 1 aromatic heterocycles. The summed E-state index contributed by atoms with van der Waals surface area (Å²) in [5.41, 5.74) is 0.648. The highest BCUT2D eigenvalue weighted by Gasteiger charge is 2.18. The Balaban J connectivity index is 1.86. The van der Waals surface area contributed by atoms with Gasteiger partial charge >= 0.3 is 5.97 Å². The summed E-state index contributed by atoms with van der Waals surface area (Å²) in [6.45, 7) is 0. The molecular weight excluding hydrogens is 370 g/mol. The predicted molar refractivity (Wildman–Crippen MR) is 88.4 cm³/mol. The second kappa shape index (κ2) is 6.49. The maximum absolute atomic E-state index is 12.4. The molecule has 0 aliphatic carbocycles. The summed E-state index contributed by atoms with van der Waals surface area (Å²) in [5, 5.41) is 19.7. The average Bonchev–Trinajstić information content (AvgIpc) is 3.09. The summed E-state index contributed by atoms with van der Waals surface area (Å²) in [4.78, 5) is 10.9. The van der Waals surface area contributed by atoms with Gasteiger partial charge in [0.1, 0.15) is 6.33 Å². The normalized spacial score (nSPS) is 11.2. The number of carboxylic acid groups (broad SMARTS) is 1. The van der Waals surface area contributed by atoms with E-state index in [1.807, 2.05) is 0 Å². The Morgan fingerprint density at radius 1 is 1.16 bits per heavy atom. The molecule has 1 heterocycles. The maximum atomic E-state index is 12.4. The number of nitrogens with one attached hydrogen (secondary N) is 1. The van der Waals surface area contributed by atoms with Crippen LogP contribution in [0.2, 0.25) is 5.02 Å². The zero-order valence-corrected chi connectivity index (χ0v) is 13.9. The standard InChI is InChI=1S/C14H10ClN5O4S/c15-13-6-5-11(7-12(13)14(21)22)25(23,24)17-9-1-3-10(4-2-9)20-8-16-18-19-20/h1-8,17H,(H,21,22). The molecule has 0 aliphatic rings. The number of benzene rings is 2. The molecule has 25 heavy (non-hydrogen) atoms. The van der Waals surface area contributed by atoms with Gasteiger partial charge in [-0.3, -0.25) is 4.72 Å². The van der Waals surface area contributed by atoms with E-state index < -0.39 is 16.0 Å². The van der Waals surface area contributed by atoms with E-state index in [4.69, 9.17) is 16.7 Å². The number of carboxylic acids is 1. The molecule has 11 heteroatoms. The van der Waals surface area contributed by atoms with Crippen molar-refractivity contribution in [1.82, 2.24) is 20.2 Å². The number of nitrogens with zero attached hydrogens (tertiary/aromatic N) is 4. The van der Waals surface area contributed by atoms with Gasteiger partial charge < -0.3 is 5.11 Å². The van der Waals surface area contributed by atoms with Gasteiger partial charge in [0.25, 0.3) is 10.0 Å². The van der Waals surface area contributed by atoms with Crippen molar-refractivity contribution in [2.45, 2.75) is 4.90 Å². The van der Waals surface area contributed by atoms with Crippen LogP contribution in [-0.4, -0.2) is 39.7 Å². The third-order valence-corrected chi connectivity index (χ3v) is 4.92. The Labute approximate surface area is 146 Å². The molecule has 2 N–H and O–H groups in total. The van der Waals surface area contributed by atoms with Gasteiger partial charge in [0.05, 0.1) is 21.2 Å². The molecule has 2 aromatic carbocycles. The van der Waals surface area contributed by atoms with Crippen molar-refractivity contribution >= 4 is 33.3 Å². The fourth-order valence-electron chi connectivity index (χ4n) is 2.01. The smallest absolute Gasteiger partial charge is 0.337 e. The van der Waals surface area contributed by atoms with Crippen molar-refractivity contribution in [2.75, 3.05) is 4.72 Å². The second-order valence-corrected chi connectivity index (χ2v) is 6.94. The largest absolute Gasteiger partial charge is 0.478 e. The van der Waals surface area contributed by atoms with Crippen molar-refractivity contribution in [3.8, 4) is 5.69 Å². The molecule has 0 saturated carbocycles. The number of carbonyl (C=O) groups is 1. The Hall–Kier alpha value is -2.98. The summed E-state index contributed by atoms with van der Waals surface area (Å²) >= 11 is 5.75. The van der Waals surface area contributed by atoms with Crippen molar-refractivity contribution in [3.63, 3.8) is 0 Å². The number of rotatable bonds is 5. The molecule has 3 rings (SSSR count). The highest BCUT2D eigenvalue weighted by atomic mass is 35.5. The third kappa shape index (κ3) is 3.59. The SMILES string of the molecule is O=C(O)c1cc(S(=O)(=O)Nc2ccc(-n3cnnn3)cc2)ccc1Cl. The highest BCUT2D eigenvalue weighted by molar-refractivity contribution is 7.92. The Morgan fingerprint density at radius 3 is 2.48 bits per heavy atom. The van der Waals surface area contributed by atoms with Crippen LogP contribution in [0.25, 0.3) is 5.69 Å². The molecule has 0 amide bonds. The molecule has 128 valence electrons. The van der Waals surface area contributed by atoms with Crippen LogP contribution in [0.5, 0.6) is 0 Å². The summed E-state index contributed by atoms with van der Waals surface area (Å²) in [5.74, 6) is -1.31. The molecule has 0 bridgehead atoms. The average molecular weight is 380 g/mol. The van der Waals surface area contributed by atoms with Crippen LogP contribution in [0.3, 0.4) is 0 Å². The van der Waals surface area contributed by atoms with Crippen molar-refractivity contribution in [3.05, 3.63) is 59.4 Å². The van der Waals surface area contributed by atoms with E-state index in [9.17, 15) is 13.2 Å². The topological polar surface area (TPSA) is 127 Å². The molecule has 0 saturated heterocycles. The lowest BCUT2D eigenvalue weighted by Gasteiger charge is -2.10. The quantitative estimate of drug-likeness (QED) is 0.692. The van der Waals surface area contributed by atoms with E-state index in [1.165, 1.54) is 35.3 Å². The van der Waals surface area contributed by atoms with Crippen molar-refractivity contribution < 1.29 is 18.3 Å². The molecule has 0 spiro atoms. The Bertz CT molecular complexity index is 1020. The molecule has 0 fully saturated rings. The number of aromatic carboxylic acids is 1. The Morgan fingerprint density at radius 2 is 1.88 bits per heavy atom. The number of halogens is 1. The van der Waals surface area contributed by atoms with Gasteiger partial charge in [-0.25, -0.2) is 17.9 Å². The van der Waals surface area contributed by atoms with E-state index >= 15 is 0 Å². The van der Waals surface area contributed by atoms with Crippen LogP contribution < -0.4 is 4.72 Å². The van der Waals surface area contributed by atoms with E-state index in [2.05, 4.69) is 20.2 Å². The van der Waals surface area contributed by atoms with Gasteiger partial charge in [-0.1, -0.05) is 11.6 Å². The van der Waals surface area contributed by atoms with Gasteiger partial charge in [-0.15, -0.1) is 5.10 Å². The summed E-state index contributed by atoms with van der Waals surface area (Å²) in [7, 11) is -3.97. The van der Waals surface area contributed by atoms with Crippen LogP contribution in [0, 0.1) is 0 Å². The zero-order valence-electron chi connectivity index (χ0n) is 12.4. The first-order chi connectivity index (χ1) is 11.9. The first kappa shape index (κ1) is 16.9. The Kier molecular flexibility index (Phi) is 4.38. The number of hydrogen-bond acceptors (Lipinski definition) is 6. The summed E-state index contributed by atoms with van der Waals surface area (Å²) < 4.78 is 28.6. The fraction of sp³-hybridized carbons (Fsp3) is 0. The lowest BCUT2D eigenvalue weighted by molar-refractivity contribution is 0.0697. The number of anilines is 1. The van der Waals surface area contributed by atoms with Crippen LogP contribution in [0.15, 0.2) is 53.7 Å². The van der Waals surface area contributed by atoms with E-state index in [0.717, 1.165) is 6.07 Å². The zero-order chi connectivity index (χ0) is 18.0. The van der Waals surface area contributed by atoms with Gasteiger partial charge in [-0.2, -0.15) is 0 Å². The number of hydrogen-bond donors (Lipinski definition) is 2. The van der Waals surface area contributed by atoms with Crippen LogP contribution in [-0.2, 0) is 10.0 Å². The van der Waals surface area contributed by atoms with Crippen molar-refractivity contribution in [1.29, 1.82) is 0 Å². The molecule has 0 unspecified atom stereocenters. The molecule has 0 atom stereocenters. The van der Waals surface area contributed by atoms with Crippen LogP contribution >= 0.6 is 11.6 Å². The number of sulfonamides is 1. The third-order valence-electron chi connectivity index (χ3n) is 3.21. The monoisotopic (exact) mass is 379 g/mol. The minimum atomic E-state index is -3.97. The van der Waals surface area contributed by atoms with Gasteiger partial charge in [0.2, 0.25) is 0 Å². The van der Waals surface area contributed by atoms with Gasteiger partial charge in [0.15, 0.2) is 0 Å². The number of tetrazole rings is 1. The first-order valence-corrected chi connectivity index (χ1v) is 8.62. The second-order valence-electron chi connectivity index (χ2n) is 4.85. The molecular formula is C14H10ClN5O4S. The highest BCUT2D eigenvalue weighted by Crippen LogP contribution is 2.23. The van der Waals surface area contributed by atoms with Crippen LogP contribution in [0.4, 0.5) is 5.69 Å². The number of aromatic nitrogens is 4. The summed E-state index contributed by atoms with van der Waals surface area (Å²) in [6.07, 6.45) is 1.40. The predicted octanol–water partition coefficient (Wildman–Crippen LogP) is 1.81.